The van der Waals surface area contributed by atoms with Crippen molar-refractivity contribution in [1.82, 2.24) is 0 Å². The number of methoxy groups -OCH3 is 2. The molecule has 1 unspecified atom stereocenters. The van der Waals surface area contributed by atoms with E-state index in [1.165, 1.54) is 7.11 Å². The summed E-state index contributed by atoms with van der Waals surface area (Å²) in [5.74, 6) is -0.214. The second kappa shape index (κ2) is 5.23. The molecule has 0 rings (SSSR count). The van der Waals surface area contributed by atoms with Gasteiger partial charge >= 0.3 is 5.97 Å². The molecule has 0 bridgehead atoms. The third kappa shape index (κ3) is 3.45. The molecule has 0 aliphatic heterocycles. The van der Waals surface area contributed by atoms with E-state index in [1.807, 2.05) is 6.92 Å². The van der Waals surface area contributed by atoms with Gasteiger partial charge in [0.1, 0.15) is 0 Å². The highest BCUT2D eigenvalue weighted by molar-refractivity contribution is 5.69. The monoisotopic (exact) mass is 146 g/mol. The van der Waals surface area contributed by atoms with Crippen LogP contribution in [-0.2, 0) is 14.3 Å². The minimum Gasteiger partial charge on any atom is -0.469 e. The van der Waals surface area contributed by atoms with Crippen molar-refractivity contribution in [1.29, 1.82) is 0 Å². The van der Waals surface area contributed by atoms with Crippen LogP contribution in [0.3, 0.4) is 0 Å². The van der Waals surface area contributed by atoms with Crippen molar-refractivity contribution in [3.05, 3.63) is 0 Å². The molecule has 1 atom stereocenters. The van der Waals surface area contributed by atoms with Gasteiger partial charge in [0.25, 0.3) is 0 Å². The highest BCUT2D eigenvalue weighted by Gasteiger charge is 2.09. The van der Waals surface area contributed by atoms with Crippen LogP contribution in [0.4, 0.5) is 0 Å². The van der Waals surface area contributed by atoms with Gasteiger partial charge in [0.2, 0.25) is 0 Å². The summed E-state index contributed by atoms with van der Waals surface area (Å²) in [7, 11) is 2.97. The van der Waals surface area contributed by atoms with Gasteiger partial charge < -0.3 is 9.47 Å². The van der Waals surface area contributed by atoms with Crippen LogP contribution in [0, 0.1) is 0 Å². The highest BCUT2D eigenvalue weighted by Crippen LogP contribution is 2.02. The predicted molar refractivity (Wildman–Crippen MR) is 37.7 cm³/mol. The van der Waals surface area contributed by atoms with Gasteiger partial charge in [-0.2, -0.15) is 0 Å². The lowest BCUT2D eigenvalue weighted by atomic mass is 10.2. The van der Waals surface area contributed by atoms with Crippen LogP contribution in [-0.4, -0.2) is 26.3 Å². The van der Waals surface area contributed by atoms with Gasteiger partial charge in [0.15, 0.2) is 0 Å². The maximum Gasteiger partial charge on any atom is 0.308 e. The molecule has 0 spiro atoms. The Morgan fingerprint density at radius 1 is 1.50 bits per heavy atom. The van der Waals surface area contributed by atoms with E-state index < -0.39 is 0 Å². The molecule has 0 N–H and O–H groups in total. The zero-order chi connectivity index (χ0) is 7.98. The predicted octanol–water partition coefficient (Wildman–Crippen LogP) is 0.974. The zero-order valence-corrected chi connectivity index (χ0v) is 6.72. The van der Waals surface area contributed by atoms with Gasteiger partial charge in [-0.05, 0) is 6.42 Å². The summed E-state index contributed by atoms with van der Waals surface area (Å²) in [5, 5.41) is 0. The molecule has 10 heavy (non-hydrogen) atoms. The van der Waals surface area contributed by atoms with Crippen LogP contribution in [0.15, 0.2) is 0 Å². The Morgan fingerprint density at radius 3 is 2.40 bits per heavy atom. The minimum atomic E-state index is -0.214. The molecule has 3 heteroatoms. The number of hydrogen-bond acceptors (Lipinski definition) is 3. The van der Waals surface area contributed by atoms with Crippen LogP contribution in [0.1, 0.15) is 19.8 Å². The van der Waals surface area contributed by atoms with Crippen molar-refractivity contribution in [3.63, 3.8) is 0 Å². The number of carbonyl (C=O) groups is 1. The van der Waals surface area contributed by atoms with Crippen molar-refractivity contribution in [3.8, 4) is 0 Å². The molecule has 0 saturated carbocycles. The Balaban J connectivity index is 3.52. The number of carbonyl (C=O) groups excluding carboxylic acids is 1. The summed E-state index contributed by atoms with van der Waals surface area (Å²) in [5.41, 5.74) is 0. The van der Waals surface area contributed by atoms with E-state index in [0.717, 1.165) is 6.42 Å². The fourth-order valence-corrected chi connectivity index (χ4v) is 0.664. The number of rotatable bonds is 4. The van der Waals surface area contributed by atoms with Crippen molar-refractivity contribution >= 4 is 5.97 Å². The van der Waals surface area contributed by atoms with E-state index in [4.69, 9.17) is 4.74 Å². The normalized spacial score (nSPS) is 12.7. The van der Waals surface area contributed by atoms with Gasteiger partial charge in [0, 0.05) is 7.11 Å². The lowest BCUT2D eigenvalue weighted by Crippen LogP contribution is -2.15. The zero-order valence-electron chi connectivity index (χ0n) is 6.72. The van der Waals surface area contributed by atoms with E-state index >= 15 is 0 Å². The van der Waals surface area contributed by atoms with E-state index in [2.05, 4.69) is 4.74 Å². The molecule has 0 aliphatic carbocycles. The van der Waals surface area contributed by atoms with E-state index in [0.29, 0.717) is 6.42 Å². The third-order valence-corrected chi connectivity index (χ3v) is 1.41. The largest absolute Gasteiger partial charge is 0.469 e. The van der Waals surface area contributed by atoms with Crippen LogP contribution in [0.5, 0.6) is 0 Å². The van der Waals surface area contributed by atoms with Crippen molar-refractivity contribution in [2.24, 2.45) is 0 Å². The molecule has 0 saturated heterocycles. The Kier molecular flexibility index (Phi) is 4.94. The summed E-state index contributed by atoms with van der Waals surface area (Å²) in [6.45, 7) is 1.97. The third-order valence-electron chi connectivity index (χ3n) is 1.41. The molecule has 0 radical (unpaired) electrons. The van der Waals surface area contributed by atoms with Gasteiger partial charge in [-0.3, -0.25) is 4.79 Å². The maximum absolute atomic E-state index is 10.6. The minimum absolute atomic E-state index is 0.00690. The first-order chi connectivity index (χ1) is 4.74. The molecular weight excluding hydrogens is 132 g/mol. The molecule has 0 heterocycles. The molecule has 3 nitrogen and oxygen atoms in total. The molecule has 0 amide bonds. The first-order valence-electron chi connectivity index (χ1n) is 3.34. The molecule has 60 valence electrons. The highest BCUT2D eigenvalue weighted by atomic mass is 16.5. The second-order valence-corrected chi connectivity index (χ2v) is 2.05. The fourth-order valence-electron chi connectivity index (χ4n) is 0.664. The summed E-state index contributed by atoms with van der Waals surface area (Å²) in [6, 6.07) is 0. The summed E-state index contributed by atoms with van der Waals surface area (Å²) < 4.78 is 9.44. The van der Waals surface area contributed by atoms with E-state index in [9.17, 15) is 4.79 Å². The first-order valence-corrected chi connectivity index (χ1v) is 3.34. The van der Waals surface area contributed by atoms with Gasteiger partial charge in [-0.25, -0.2) is 0 Å². The van der Waals surface area contributed by atoms with Crippen LogP contribution < -0.4 is 0 Å². The number of esters is 1. The quantitative estimate of drug-likeness (QED) is 0.554. The second-order valence-electron chi connectivity index (χ2n) is 2.05. The van der Waals surface area contributed by atoms with Gasteiger partial charge in [0.05, 0.1) is 19.6 Å². The van der Waals surface area contributed by atoms with Gasteiger partial charge in [-0.1, -0.05) is 6.92 Å². The average Bonchev–Trinajstić information content (AvgIpc) is 1.99. The fraction of sp³-hybridized carbons (Fsp3) is 0.857. The average molecular weight is 146 g/mol. The summed E-state index contributed by atoms with van der Waals surface area (Å²) in [4.78, 5) is 10.6. The maximum atomic E-state index is 10.6. The van der Waals surface area contributed by atoms with Crippen molar-refractivity contribution < 1.29 is 14.3 Å². The first kappa shape index (κ1) is 9.43. The van der Waals surface area contributed by atoms with Crippen molar-refractivity contribution in [2.75, 3.05) is 14.2 Å². The molecule has 0 fully saturated rings. The summed E-state index contributed by atoms with van der Waals surface area (Å²) in [6.07, 6.45) is 1.20. The lowest BCUT2D eigenvalue weighted by molar-refractivity contribution is -0.143. The number of hydrogen-bond donors (Lipinski definition) is 0. The molecule has 0 aromatic heterocycles. The van der Waals surface area contributed by atoms with Crippen LogP contribution in [0.25, 0.3) is 0 Å². The van der Waals surface area contributed by atoms with Crippen LogP contribution in [0.2, 0.25) is 0 Å². The van der Waals surface area contributed by atoms with Crippen LogP contribution >= 0.6 is 0 Å². The SMILES string of the molecule is CCC(CC(=O)OC)OC. The van der Waals surface area contributed by atoms with E-state index in [1.54, 1.807) is 7.11 Å². The molecule has 0 aromatic carbocycles. The molecular formula is C7H14O3. The number of ether oxygens (including phenoxy) is 2. The smallest absolute Gasteiger partial charge is 0.308 e. The Bertz CT molecular complexity index is 97.0. The van der Waals surface area contributed by atoms with E-state index in [-0.39, 0.29) is 12.1 Å². The molecule has 0 aromatic rings. The molecule has 0 aliphatic rings. The Hall–Kier alpha value is -0.570. The summed E-state index contributed by atoms with van der Waals surface area (Å²) >= 11 is 0. The Morgan fingerprint density at radius 2 is 2.10 bits per heavy atom. The Labute approximate surface area is 61.3 Å². The lowest BCUT2D eigenvalue weighted by Gasteiger charge is -2.09. The van der Waals surface area contributed by atoms with Gasteiger partial charge in [-0.15, -0.1) is 0 Å². The topological polar surface area (TPSA) is 35.5 Å². The van der Waals surface area contributed by atoms with Crippen molar-refractivity contribution in [2.45, 2.75) is 25.9 Å². The standard InChI is InChI=1S/C7H14O3/c1-4-6(9-2)5-7(8)10-3/h6H,4-5H2,1-3H3.